The van der Waals surface area contributed by atoms with E-state index in [1.807, 2.05) is 42.5 Å². The van der Waals surface area contributed by atoms with Gasteiger partial charge in [-0.1, -0.05) is 127 Å². The number of anilines is 3. The standard InChI is InChI=1S/C51H32N2O2/c1-3-11-33(12-4-1)34-19-24-38(25-20-34)53(40-28-30-48-46(31-40)42-17-9-10-18-47(42)54-48)39-26-21-36(22-27-39)44-32-45-41-16-8-7-13-35(41)23-29-43(45)49-50(44)55-51(52-49)37-14-5-2-6-15-37/h1-32H. The van der Waals surface area contributed by atoms with Crippen LogP contribution in [0.3, 0.4) is 0 Å². The third kappa shape index (κ3) is 5.26. The predicted molar refractivity (Wildman–Crippen MR) is 227 cm³/mol. The average molecular weight is 705 g/mol. The van der Waals surface area contributed by atoms with E-state index < -0.39 is 0 Å². The van der Waals surface area contributed by atoms with Crippen molar-refractivity contribution in [1.29, 1.82) is 0 Å². The highest BCUT2D eigenvalue weighted by atomic mass is 16.3. The Bertz CT molecular complexity index is 3180. The number of oxazole rings is 1. The van der Waals surface area contributed by atoms with Crippen LogP contribution in [0, 0.1) is 0 Å². The van der Waals surface area contributed by atoms with Crippen molar-refractivity contribution in [2.24, 2.45) is 0 Å². The van der Waals surface area contributed by atoms with Crippen molar-refractivity contribution in [2.45, 2.75) is 0 Å². The molecule has 0 aliphatic carbocycles. The number of fused-ring (bicyclic) bond motifs is 8. The highest BCUT2D eigenvalue weighted by Gasteiger charge is 2.20. The van der Waals surface area contributed by atoms with E-state index >= 15 is 0 Å². The van der Waals surface area contributed by atoms with Gasteiger partial charge in [-0.15, -0.1) is 0 Å². The van der Waals surface area contributed by atoms with Gasteiger partial charge in [-0.2, -0.15) is 0 Å². The third-order valence-corrected chi connectivity index (χ3v) is 10.7. The molecule has 0 radical (unpaired) electrons. The molecule has 0 saturated carbocycles. The number of hydrogen-bond donors (Lipinski definition) is 0. The SMILES string of the molecule is c1ccc(-c2ccc(N(c3ccc(-c4cc5c6ccccc6ccc5c5nc(-c6ccccc6)oc45)cc3)c3ccc4oc5ccccc5c4c3)cc2)cc1. The number of aromatic nitrogens is 1. The van der Waals surface area contributed by atoms with Gasteiger partial charge in [0.15, 0.2) is 5.58 Å². The first-order valence-corrected chi connectivity index (χ1v) is 18.5. The summed E-state index contributed by atoms with van der Waals surface area (Å²) in [5.41, 5.74) is 11.9. The Morgan fingerprint density at radius 2 is 0.964 bits per heavy atom. The third-order valence-electron chi connectivity index (χ3n) is 10.7. The number of furan rings is 1. The molecule has 0 spiro atoms. The number of benzene rings is 9. The Morgan fingerprint density at radius 3 is 1.73 bits per heavy atom. The molecule has 0 saturated heterocycles. The van der Waals surface area contributed by atoms with Crippen molar-refractivity contribution in [1.82, 2.24) is 4.98 Å². The molecule has 0 fully saturated rings. The second-order valence-electron chi connectivity index (χ2n) is 13.9. The lowest BCUT2D eigenvalue weighted by Crippen LogP contribution is -2.09. The lowest BCUT2D eigenvalue weighted by Gasteiger charge is -2.26. The van der Waals surface area contributed by atoms with Crippen molar-refractivity contribution in [3.8, 4) is 33.7 Å². The fourth-order valence-corrected chi connectivity index (χ4v) is 8.00. The zero-order valence-corrected chi connectivity index (χ0v) is 29.7. The first-order chi connectivity index (χ1) is 27.2. The van der Waals surface area contributed by atoms with Crippen LogP contribution in [0.2, 0.25) is 0 Å². The maximum Gasteiger partial charge on any atom is 0.227 e. The maximum atomic E-state index is 6.66. The molecule has 0 bridgehead atoms. The topological polar surface area (TPSA) is 42.4 Å². The number of nitrogens with zero attached hydrogens (tertiary/aromatic N) is 2. The van der Waals surface area contributed by atoms with Crippen LogP contribution in [0.25, 0.3) is 88.3 Å². The van der Waals surface area contributed by atoms with Crippen LogP contribution in [-0.4, -0.2) is 4.98 Å². The molecule has 258 valence electrons. The summed E-state index contributed by atoms with van der Waals surface area (Å²) < 4.78 is 12.9. The van der Waals surface area contributed by atoms with E-state index in [0.29, 0.717) is 5.89 Å². The van der Waals surface area contributed by atoms with E-state index in [1.165, 1.54) is 21.9 Å². The highest BCUT2D eigenvalue weighted by molar-refractivity contribution is 6.19. The van der Waals surface area contributed by atoms with E-state index in [0.717, 1.165) is 77.6 Å². The molecule has 0 aliphatic heterocycles. The Hall–Kier alpha value is -7.43. The molecule has 9 aromatic carbocycles. The Balaban J connectivity index is 1.08. The van der Waals surface area contributed by atoms with Crippen LogP contribution < -0.4 is 4.90 Å². The summed E-state index contributed by atoms with van der Waals surface area (Å²) in [5.74, 6) is 0.612. The molecule has 11 aromatic rings. The molecule has 55 heavy (non-hydrogen) atoms. The van der Waals surface area contributed by atoms with Crippen molar-refractivity contribution in [3.05, 3.63) is 194 Å². The lowest BCUT2D eigenvalue weighted by atomic mass is 9.95. The summed E-state index contributed by atoms with van der Waals surface area (Å²) in [6.45, 7) is 0. The fraction of sp³-hybridized carbons (Fsp3) is 0. The van der Waals surface area contributed by atoms with Crippen LogP contribution >= 0.6 is 0 Å². The molecule has 2 aromatic heterocycles. The first kappa shape index (κ1) is 31.1. The van der Waals surface area contributed by atoms with Crippen molar-refractivity contribution in [3.63, 3.8) is 0 Å². The summed E-state index contributed by atoms with van der Waals surface area (Å²) in [4.78, 5) is 7.43. The molecule has 2 heterocycles. The second-order valence-corrected chi connectivity index (χ2v) is 13.9. The van der Waals surface area contributed by atoms with Gasteiger partial charge in [0, 0.05) is 44.3 Å². The largest absolute Gasteiger partial charge is 0.456 e. The van der Waals surface area contributed by atoms with E-state index in [9.17, 15) is 0 Å². The lowest BCUT2D eigenvalue weighted by molar-refractivity contribution is 0.621. The van der Waals surface area contributed by atoms with Crippen LogP contribution in [-0.2, 0) is 0 Å². The monoisotopic (exact) mass is 704 g/mol. The zero-order valence-electron chi connectivity index (χ0n) is 29.7. The smallest absolute Gasteiger partial charge is 0.227 e. The van der Waals surface area contributed by atoms with Crippen LogP contribution in [0.4, 0.5) is 17.1 Å². The Kier molecular flexibility index (Phi) is 7.14. The van der Waals surface area contributed by atoms with Gasteiger partial charge in [0.1, 0.15) is 16.7 Å². The van der Waals surface area contributed by atoms with Gasteiger partial charge in [-0.05, 0) is 99.6 Å². The maximum absolute atomic E-state index is 6.66. The number of rotatable bonds is 6. The van der Waals surface area contributed by atoms with Crippen LogP contribution in [0.5, 0.6) is 0 Å². The van der Waals surface area contributed by atoms with Gasteiger partial charge in [0.2, 0.25) is 5.89 Å². The number of para-hydroxylation sites is 1. The van der Waals surface area contributed by atoms with Gasteiger partial charge >= 0.3 is 0 Å². The minimum absolute atomic E-state index is 0.612. The fourth-order valence-electron chi connectivity index (χ4n) is 8.00. The molecule has 0 unspecified atom stereocenters. The molecule has 0 amide bonds. The molecule has 4 heteroatoms. The molecular formula is C51H32N2O2. The summed E-state index contributed by atoms with van der Waals surface area (Å²) >= 11 is 0. The number of hydrogen-bond acceptors (Lipinski definition) is 4. The first-order valence-electron chi connectivity index (χ1n) is 18.5. The molecule has 0 atom stereocenters. The van der Waals surface area contributed by atoms with Gasteiger partial charge in [-0.25, -0.2) is 4.98 Å². The summed E-state index contributed by atoms with van der Waals surface area (Å²) in [7, 11) is 0. The van der Waals surface area contributed by atoms with Crippen LogP contribution in [0.15, 0.2) is 203 Å². The van der Waals surface area contributed by atoms with Gasteiger partial charge < -0.3 is 13.7 Å². The highest BCUT2D eigenvalue weighted by Crippen LogP contribution is 2.43. The van der Waals surface area contributed by atoms with E-state index in [-0.39, 0.29) is 0 Å². The van der Waals surface area contributed by atoms with Gasteiger partial charge in [0.25, 0.3) is 0 Å². The molecule has 11 rings (SSSR count). The molecule has 4 nitrogen and oxygen atoms in total. The normalized spacial score (nSPS) is 11.6. The van der Waals surface area contributed by atoms with Crippen molar-refractivity contribution < 1.29 is 8.83 Å². The second kappa shape index (κ2) is 12.6. The Morgan fingerprint density at radius 1 is 0.364 bits per heavy atom. The quantitative estimate of drug-likeness (QED) is 0.162. The molecule has 0 N–H and O–H groups in total. The van der Waals surface area contributed by atoms with E-state index in [2.05, 4.69) is 157 Å². The summed E-state index contributed by atoms with van der Waals surface area (Å²) in [6.07, 6.45) is 0. The zero-order chi connectivity index (χ0) is 36.3. The van der Waals surface area contributed by atoms with E-state index in [4.69, 9.17) is 13.8 Å². The van der Waals surface area contributed by atoms with Gasteiger partial charge in [-0.3, -0.25) is 0 Å². The predicted octanol–water partition coefficient (Wildman–Crippen LogP) is 14.5. The minimum atomic E-state index is 0.612. The average Bonchev–Trinajstić information content (AvgIpc) is 3.87. The van der Waals surface area contributed by atoms with E-state index in [1.54, 1.807) is 0 Å². The van der Waals surface area contributed by atoms with Crippen LogP contribution in [0.1, 0.15) is 0 Å². The van der Waals surface area contributed by atoms with Gasteiger partial charge in [0.05, 0.1) is 0 Å². The van der Waals surface area contributed by atoms with Crippen molar-refractivity contribution >= 4 is 71.6 Å². The molecular weight excluding hydrogens is 673 g/mol. The summed E-state index contributed by atoms with van der Waals surface area (Å²) in [6, 6.07) is 68.1. The Labute approximate surface area is 317 Å². The summed E-state index contributed by atoms with van der Waals surface area (Å²) in [5, 5.41) is 6.80. The molecule has 0 aliphatic rings. The minimum Gasteiger partial charge on any atom is -0.456 e. The van der Waals surface area contributed by atoms with Crippen molar-refractivity contribution in [2.75, 3.05) is 4.90 Å².